The van der Waals surface area contributed by atoms with E-state index in [1.165, 1.54) is 0 Å². The second-order valence-corrected chi connectivity index (χ2v) is 8.08. The van der Waals surface area contributed by atoms with Gasteiger partial charge < -0.3 is 15.0 Å². The molecule has 0 fully saturated rings. The standard InChI is InChI=1S/C27H32N2O3/c1-4-20(2)28-27(31)21(3)29(18-17-22-11-6-5-7-12-22)26(30)19-32-25-16-10-14-23-13-8-9-15-24(23)25/h5-16,20-21H,4,17-19H2,1-3H3,(H,28,31)/t20-,21+/m1/s1. The van der Waals surface area contributed by atoms with Gasteiger partial charge in [-0.05, 0) is 43.7 Å². The Bertz CT molecular complexity index is 1030. The van der Waals surface area contributed by atoms with E-state index in [9.17, 15) is 9.59 Å². The third-order valence-electron chi connectivity index (χ3n) is 5.75. The van der Waals surface area contributed by atoms with Gasteiger partial charge >= 0.3 is 0 Å². The third-order valence-corrected chi connectivity index (χ3v) is 5.75. The summed E-state index contributed by atoms with van der Waals surface area (Å²) in [7, 11) is 0. The van der Waals surface area contributed by atoms with E-state index in [0.29, 0.717) is 18.7 Å². The zero-order valence-corrected chi connectivity index (χ0v) is 19.1. The Morgan fingerprint density at radius 1 is 0.938 bits per heavy atom. The van der Waals surface area contributed by atoms with Crippen molar-refractivity contribution in [2.75, 3.05) is 13.2 Å². The van der Waals surface area contributed by atoms with Crippen molar-refractivity contribution in [1.29, 1.82) is 0 Å². The number of ether oxygens (including phenoxy) is 1. The number of nitrogens with zero attached hydrogens (tertiary/aromatic N) is 1. The molecule has 0 unspecified atom stereocenters. The molecule has 2 amide bonds. The van der Waals surface area contributed by atoms with Crippen molar-refractivity contribution >= 4 is 22.6 Å². The van der Waals surface area contributed by atoms with Crippen LogP contribution in [0.5, 0.6) is 5.75 Å². The fraction of sp³-hybridized carbons (Fsp3) is 0.333. The zero-order valence-electron chi connectivity index (χ0n) is 19.1. The van der Waals surface area contributed by atoms with Crippen LogP contribution < -0.4 is 10.1 Å². The summed E-state index contributed by atoms with van der Waals surface area (Å²) < 4.78 is 5.92. The van der Waals surface area contributed by atoms with E-state index in [-0.39, 0.29) is 24.5 Å². The van der Waals surface area contributed by atoms with Gasteiger partial charge in [-0.25, -0.2) is 0 Å². The first-order valence-electron chi connectivity index (χ1n) is 11.2. The molecule has 0 heterocycles. The van der Waals surface area contributed by atoms with E-state index in [4.69, 9.17) is 4.74 Å². The number of carbonyl (C=O) groups excluding carboxylic acids is 2. The highest BCUT2D eigenvalue weighted by atomic mass is 16.5. The Morgan fingerprint density at radius 2 is 1.62 bits per heavy atom. The minimum Gasteiger partial charge on any atom is -0.483 e. The van der Waals surface area contributed by atoms with Gasteiger partial charge in [0.05, 0.1) is 0 Å². The number of fused-ring (bicyclic) bond motifs is 1. The summed E-state index contributed by atoms with van der Waals surface area (Å²) in [5.74, 6) is 0.308. The maximum atomic E-state index is 13.2. The van der Waals surface area contributed by atoms with Crippen molar-refractivity contribution in [3.63, 3.8) is 0 Å². The molecule has 168 valence electrons. The maximum Gasteiger partial charge on any atom is 0.261 e. The Hall–Kier alpha value is -3.34. The molecule has 0 spiro atoms. The van der Waals surface area contributed by atoms with E-state index in [1.807, 2.05) is 86.6 Å². The van der Waals surface area contributed by atoms with Crippen LogP contribution >= 0.6 is 0 Å². The first-order chi connectivity index (χ1) is 15.5. The zero-order chi connectivity index (χ0) is 22.9. The summed E-state index contributed by atoms with van der Waals surface area (Å²) in [6.07, 6.45) is 1.50. The molecule has 0 aromatic heterocycles. The highest BCUT2D eigenvalue weighted by molar-refractivity contribution is 5.90. The summed E-state index contributed by atoms with van der Waals surface area (Å²) in [5.41, 5.74) is 1.12. The molecule has 3 aromatic carbocycles. The monoisotopic (exact) mass is 432 g/mol. The van der Waals surface area contributed by atoms with Gasteiger partial charge in [0.1, 0.15) is 11.8 Å². The number of carbonyl (C=O) groups is 2. The van der Waals surface area contributed by atoms with E-state index >= 15 is 0 Å². The van der Waals surface area contributed by atoms with Crippen LogP contribution in [0.3, 0.4) is 0 Å². The van der Waals surface area contributed by atoms with Crippen LogP contribution in [0.1, 0.15) is 32.8 Å². The predicted molar refractivity (Wildman–Crippen MR) is 129 cm³/mol. The number of hydrogen-bond donors (Lipinski definition) is 1. The van der Waals surface area contributed by atoms with Gasteiger partial charge in [0.25, 0.3) is 5.91 Å². The lowest BCUT2D eigenvalue weighted by Crippen LogP contribution is -2.51. The van der Waals surface area contributed by atoms with Gasteiger partial charge in [0, 0.05) is 18.0 Å². The lowest BCUT2D eigenvalue weighted by Gasteiger charge is -2.29. The molecule has 3 rings (SSSR count). The van der Waals surface area contributed by atoms with E-state index < -0.39 is 6.04 Å². The Kier molecular flexibility index (Phi) is 8.26. The molecule has 0 saturated carbocycles. The molecule has 32 heavy (non-hydrogen) atoms. The molecule has 0 bridgehead atoms. The molecular formula is C27H32N2O3. The normalized spacial score (nSPS) is 12.7. The average molecular weight is 433 g/mol. The quantitative estimate of drug-likeness (QED) is 0.510. The number of nitrogens with one attached hydrogen (secondary N) is 1. The second kappa shape index (κ2) is 11.3. The van der Waals surface area contributed by atoms with Gasteiger partial charge in [0.15, 0.2) is 6.61 Å². The lowest BCUT2D eigenvalue weighted by atomic mass is 10.1. The van der Waals surface area contributed by atoms with Crippen LogP contribution in [-0.4, -0.2) is 41.9 Å². The van der Waals surface area contributed by atoms with Crippen molar-refractivity contribution in [3.8, 4) is 5.75 Å². The minimum absolute atomic E-state index is 0.0583. The van der Waals surface area contributed by atoms with Crippen molar-refractivity contribution in [1.82, 2.24) is 10.2 Å². The van der Waals surface area contributed by atoms with Gasteiger partial charge in [-0.1, -0.05) is 73.7 Å². The summed E-state index contributed by atoms with van der Waals surface area (Å²) in [6.45, 7) is 6.08. The first-order valence-corrected chi connectivity index (χ1v) is 11.2. The van der Waals surface area contributed by atoms with Gasteiger partial charge in [-0.2, -0.15) is 0 Å². The smallest absolute Gasteiger partial charge is 0.261 e. The highest BCUT2D eigenvalue weighted by Crippen LogP contribution is 2.25. The summed E-state index contributed by atoms with van der Waals surface area (Å²) in [6, 6.07) is 23.1. The second-order valence-electron chi connectivity index (χ2n) is 8.08. The SMILES string of the molecule is CC[C@@H](C)NC(=O)[C@H](C)N(CCc1ccccc1)C(=O)COc1cccc2ccccc12. The number of benzene rings is 3. The molecule has 1 N–H and O–H groups in total. The van der Waals surface area contributed by atoms with Crippen LogP contribution in [-0.2, 0) is 16.0 Å². The van der Waals surface area contributed by atoms with Crippen LogP contribution in [0.4, 0.5) is 0 Å². The lowest BCUT2D eigenvalue weighted by molar-refractivity contribution is -0.141. The maximum absolute atomic E-state index is 13.2. The van der Waals surface area contributed by atoms with Crippen LogP contribution in [0, 0.1) is 0 Å². The van der Waals surface area contributed by atoms with Gasteiger partial charge in [-0.15, -0.1) is 0 Å². The van der Waals surface area contributed by atoms with E-state index in [2.05, 4.69) is 5.32 Å². The minimum atomic E-state index is -0.587. The molecule has 0 saturated heterocycles. The van der Waals surface area contributed by atoms with Crippen molar-refractivity contribution in [3.05, 3.63) is 78.4 Å². The average Bonchev–Trinajstić information content (AvgIpc) is 2.83. The molecule has 0 radical (unpaired) electrons. The predicted octanol–water partition coefficient (Wildman–Crippen LogP) is 4.59. The highest BCUT2D eigenvalue weighted by Gasteiger charge is 2.26. The summed E-state index contributed by atoms with van der Waals surface area (Å²) in [5, 5.41) is 5.00. The largest absolute Gasteiger partial charge is 0.483 e. The summed E-state index contributed by atoms with van der Waals surface area (Å²) in [4.78, 5) is 27.6. The molecule has 2 atom stereocenters. The fourth-order valence-electron chi connectivity index (χ4n) is 3.58. The topological polar surface area (TPSA) is 58.6 Å². The van der Waals surface area contributed by atoms with Crippen LogP contribution in [0.15, 0.2) is 72.8 Å². The molecule has 0 aliphatic carbocycles. The number of rotatable bonds is 10. The van der Waals surface area contributed by atoms with Crippen molar-refractivity contribution in [2.45, 2.75) is 45.7 Å². The van der Waals surface area contributed by atoms with Gasteiger partial charge in [0.2, 0.25) is 5.91 Å². The molecule has 0 aliphatic rings. The molecule has 5 nitrogen and oxygen atoms in total. The number of hydrogen-bond acceptors (Lipinski definition) is 3. The first kappa shape index (κ1) is 23.3. The molecular weight excluding hydrogens is 400 g/mol. The van der Waals surface area contributed by atoms with Gasteiger partial charge in [-0.3, -0.25) is 9.59 Å². The summed E-state index contributed by atoms with van der Waals surface area (Å²) >= 11 is 0. The Morgan fingerprint density at radius 3 is 2.38 bits per heavy atom. The van der Waals surface area contributed by atoms with Crippen molar-refractivity contribution in [2.24, 2.45) is 0 Å². The fourth-order valence-corrected chi connectivity index (χ4v) is 3.58. The molecule has 3 aromatic rings. The Balaban J connectivity index is 1.73. The third kappa shape index (κ3) is 6.10. The van der Waals surface area contributed by atoms with E-state index in [1.54, 1.807) is 11.8 Å². The van der Waals surface area contributed by atoms with Crippen LogP contribution in [0.2, 0.25) is 0 Å². The number of amides is 2. The Labute approximate surface area is 190 Å². The molecule has 5 heteroatoms. The van der Waals surface area contributed by atoms with Crippen molar-refractivity contribution < 1.29 is 14.3 Å². The van der Waals surface area contributed by atoms with E-state index in [0.717, 1.165) is 22.8 Å². The molecule has 0 aliphatic heterocycles. The van der Waals surface area contributed by atoms with Crippen LogP contribution in [0.25, 0.3) is 10.8 Å².